The van der Waals surface area contributed by atoms with Crippen LogP contribution < -0.4 is 0 Å². The van der Waals surface area contributed by atoms with Crippen molar-refractivity contribution < 1.29 is 4.79 Å². The summed E-state index contributed by atoms with van der Waals surface area (Å²) in [4.78, 5) is 30.1. The molecule has 126 valence electrons. The third kappa shape index (κ3) is 3.59. The van der Waals surface area contributed by atoms with Crippen molar-refractivity contribution in [3.05, 3.63) is 53.4 Å². The molecule has 1 atom stereocenters. The molecule has 3 rings (SSSR count). The average Bonchev–Trinajstić information content (AvgIpc) is 3.03. The Hall–Kier alpha value is -2.34. The van der Waals surface area contributed by atoms with Crippen LogP contribution in [0.25, 0.3) is 0 Å². The third-order valence-corrected chi connectivity index (χ3v) is 4.14. The van der Waals surface area contributed by atoms with Gasteiger partial charge in [0, 0.05) is 31.7 Å². The van der Waals surface area contributed by atoms with Gasteiger partial charge in [-0.2, -0.15) is 0 Å². The van der Waals surface area contributed by atoms with Crippen LogP contribution in [-0.4, -0.2) is 51.3 Å². The molecule has 1 aliphatic heterocycles. The Kier molecular flexibility index (Phi) is 4.85. The molecule has 2 aromatic rings. The molecule has 0 N–H and O–H groups in total. The van der Waals surface area contributed by atoms with E-state index in [1.165, 1.54) is 0 Å². The summed E-state index contributed by atoms with van der Waals surface area (Å²) in [6, 6.07) is 3.75. The summed E-state index contributed by atoms with van der Waals surface area (Å²) in [5.41, 5.74) is 2.59. The zero-order valence-electron chi connectivity index (χ0n) is 14.4. The van der Waals surface area contributed by atoms with E-state index in [1.54, 1.807) is 18.6 Å². The normalized spacial score (nSPS) is 17.5. The quantitative estimate of drug-likeness (QED) is 0.862. The van der Waals surface area contributed by atoms with E-state index in [-0.39, 0.29) is 11.9 Å². The molecule has 1 saturated heterocycles. The third-order valence-electron chi connectivity index (χ3n) is 4.14. The Balaban J connectivity index is 1.84. The molecule has 24 heavy (non-hydrogen) atoms. The number of aryl methyl sites for hydroxylation is 1. The van der Waals surface area contributed by atoms with E-state index in [0.717, 1.165) is 43.0 Å². The first kappa shape index (κ1) is 16.5. The number of pyridine rings is 1. The van der Waals surface area contributed by atoms with Crippen LogP contribution >= 0.6 is 0 Å². The van der Waals surface area contributed by atoms with Gasteiger partial charge in [0.15, 0.2) is 5.82 Å². The van der Waals surface area contributed by atoms with Crippen molar-refractivity contribution >= 4 is 5.91 Å². The van der Waals surface area contributed by atoms with Gasteiger partial charge < -0.3 is 9.80 Å². The first-order valence-electron chi connectivity index (χ1n) is 8.24. The van der Waals surface area contributed by atoms with Crippen LogP contribution in [0.4, 0.5) is 0 Å². The molecule has 0 aromatic carbocycles. The fourth-order valence-corrected chi connectivity index (χ4v) is 3.10. The summed E-state index contributed by atoms with van der Waals surface area (Å²) in [7, 11) is 4.02. The van der Waals surface area contributed by atoms with Crippen LogP contribution in [0.1, 0.15) is 46.3 Å². The highest BCUT2D eigenvalue weighted by molar-refractivity contribution is 5.94. The zero-order valence-corrected chi connectivity index (χ0v) is 14.4. The Morgan fingerprint density at radius 1 is 1.38 bits per heavy atom. The maximum Gasteiger partial charge on any atom is 0.256 e. The Morgan fingerprint density at radius 3 is 2.96 bits per heavy atom. The molecular weight excluding hydrogens is 302 g/mol. The molecule has 1 unspecified atom stereocenters. The number of carbonyl (C=O) groups is 1. The van der Waals surface area contributed by atoms with E-state index in [4.69, 9.17) is 0 Å². The van der Waals surface area contributed by atoms with Crippen LogP contribution in [-0.2, 0) is 6.54 Å². The molecule has 1 amide bonds. The Bertz CT molecular complexity index is 731. The second-order valence-corrected chi connectivity index (χ2v) is 6.55. The highest BCUT2D eigenvalue weighted by atomic mass is 16.2. The van der Waals surface area contributed by atoms with Gasteiger partial charge in [0.1, 0.15) is 0 Å². The SMILES string of the molecule is Cc1cncc(C(=O)N2CCCC2c2nccc(CN(C)C)n2)c1. The zero-order chi connectivity index (χ0) is 17.1. The van der Waals surface area contributed by atoms with Gasteiger partial charge in [-0.15, -0.1) is 0 Å². The summed E-state index contributed by atoms with van der Waals surface area (Å²) in [5, 5.41) is 0. The number of nitrogens with zero attached hydrogens (tertiary/aromatic N) is 5. The summed E-state index contributed by atoms with van der Waals surface area (Å²) in [6.45, 7) is 3.44. The Labute approximate surface area is 142 Å². The molecule has 2 aromatic heterocycles. The van der Waals surface area contributed by atoms with E-state index in [9.17, 15) is 4.79 Å². The lowest BCUT2D eigenvalue weighted by Gasteiger charge is -2.24. The lowest BCUT2D eigenvalue weighted by Crippen LogP contribution is -2.31. The lowest BCUT2D eigenvalue weighted by atomic mass is 10.1. The molecule has 3 heterocycles. The number of rotatable bonds is 4. The number of likely N-dealkylation sites (tertiary alicyclic amines) is 1. The van der Waals surface area contributed by atoms with Gasteiger partial charge in [-0.05, 0) is 51.6 Å². The van der Waals surface area contributed by atoms with Gasteiger partial charge in [-0.25, -0.2) is 9.97 Å². The minimum Gasteiger partial charge on any atom is -0.328 e. The van der Waals surface area contributed by atoms with Crippen LogP contribution in [0.15, 0.2) is 30.7 Å². The van der Waals surface area contributed by atoms with E-state index in [2.05, 4.69) is 19.9 Å². The smallest absolute Gasteiger partial charge is 0.256 e. The maximum atomic E-state index is 12.9. The lowest BCUT2D eigenvalue weighted by molar-refractivity contribution is 0.0729. The van der Waals surface area contributed by atoms with E-state index >= 15 is 0 Å². The number of hydrogen-bond donors (Lipinski definition) is 0. The fraction of sp³-hybridized carbons (Fsp3) is 0.444. The fourth-order valence-electron chi connectivity index (χ4n) is 3.10. The van der Waals surface area contributed by atoms with Crippen LogP contribution in [0.2, 0.25) is 0 Å². The number of carbonyl (C=O) groups excluding carboxylic acids is 1. The van der Waals surface area contributed by atoms with Crippen molar-refractivity contribution in [2.45, 2.75) is 32.4 Å². The second kappa shape index (κ2) is 7.05. The largest absolute Gasteiger partial charge is 0.328 e. The van der Waals surface area contributed by atoms with Crippen LogP contribution in [0.3, 0.4) is 0 Å². The maximum absolute atomic E-state index is 12.9. The monoisotopic (exact) mass is 325 g/mol. The number of amides is 1. The molecule has 0 radical (unpaired) electrons. The van der Waals surface area contributed by atoms with Crippen LogP contribution in [0.5, 0.6) is 0 Å². The van der Waals surface area contributed by atoms with E-state index in [0.29, 0.717) is 5.56 Å². The molecule has 1 fully saturated rings. The standard InChI is InChI=1S/C18H23N5O/c1-13-9-14(11-19-10-13)18(24)23-8-4-5-16(23)17-20-7-6-15(21-17)12-22(2)3/h6-7,9-11,16H,4-5,8,12H2,1-3H3. The molecule has 1 aliphatic rings. The minimum absolute atomic E-state index is 0.00955. The predicted molar refractivity (Wildman–Crippen MR) is 91.4 cm³/mol. The van der Waals surface area contributed by atoms with Crippen molar-refractivity contribution in [3.8, 4) is 0 Å². The number of hydrogen-bond acceptors (Lipinski definition) is 5. The molecule has 0 spiro atoms. The van der Waals surface area contributed by atoms with Crippen LogP contribution in [0, 0.1) is 6.92 Å². The van der Waals surface area contributed by atoms with Crippen molar-refractivity contribution in [3.63, 3.8) is 0 Å². The molecular formula is C18H23N5O. The van der Waals surface area contributed by atoms with Gasteiger partial charge in [-0.3, -0.25) is 9.78 Å². The summed E-state index contributed by atoms with van der Waals surface area (Å²) in [5.74, 6) is 0.746. The highest BCUT2D eigenvalue weighted by Crippen LogP contribution is 2.31. The first-order chi connectivity index (χ1) is 11.5. The van der Waals surface area contributed by atoms with Gasteiger partial charge >= 0.3 is 0 Å². The van der Waals surface area contributed by atoms with Crippen molar-refractivity contribution in [2.75, 3.05) is 20.6 Å². The minimum atomic E-state index is -0.0554. The van der Waals surface area contributed by atoms with E-state index in [1.807, 2.05) is 38.1 Å². The molecule has 6 heteroatoms. The van der Waals surface area contributed by atoms with Crippen molar-refractivity contribution in [1.29, 1.82) is 0 Å². The van der Waals surface area contributed by atoms with E-state index < -0.39 is 0 Å². The van der Waals surface area contributed by atoms with Gasteiger partial charge in [0.05, 0.1) is 17.3 Å². The van der Waals surface area contributed by atoms with Crippen molar-refractivity contribution in [2.24, 2.45) is 0 Å². The summed E-state index contributed by atoms with van der Waals surface area (Å²) in [6.07, 6.45) is 7.05. The molecule has 0 aliphatic carbocycles. The topological polar surface area (TPSA) is 62.2 Å². The molecule has 0 saturated carbocycles. The molecule has 6 nitrogen and oxygen atoms in total. The number of aromatic nitrogens is 3. The average molecular weight is 325 g/mol. The Morgan fingerprint density at radius 2 is 2.21 bits per heavy atom. The molecule has 0 bridgehead atoms. The first-order valence-corrected chi connectivity index (χ1v) is 8.24. The van der Waals surface area contributed by atoms with Gasteiger partial charge in [-0.1, -0.05) is 0 Å². The predicted octanol–water partition coefficient (Wildman–Crippen LogP) is 2.22. The summed E-state index contributed by atoms with van der Waals surface area (Å²) < 4.78 is 0. The highest BCUT2D eigenvalue weighted by Gasteiger charge is 2.32. The summed E-state index contributed by atoms with van der Waals surface area (Å²) >= 11 is 0. The van der Waals surface area contributed by atoms with Crippen molar-refractivity contribution in [1.82, 2.24) is 24.8 Å². The van der Waals surface area contributed by atoms with Gasteiger partial charge in [0.2, 0.25) is 0 Å². The van der Waals surface area contributed by atoms with Gasteiger partial charge in [0.25, 0.3) is 5.91 Å². The second-order valence-electron chi connectivity index (χ2n) is 6.55.